The van der Waals surface area contributed by atoms with Gasteiger partial charge in [-0.1, -0.05) is 48.0 Å². The maximum atomic E-state index is 12.1. The number of urea groups is 1. The molecule has 3 N–H and O–H groups in total. The van der Waals surface area contributed by atoms with Gasteiger partial charge in [0.05, 0.1) is 30.5 Å². The number of carbonyl (C=O) groups excluding carboxylic acids is 1. The van der Waals surface area contributed by atoms with Crippen LogP contribution in [0.25, 0.3) is 0 Å². The normalized spacial score (nSPS) is 11.6. The molecule has 0 saturated carbocycles. The molecule has 0 aliphatic rings. The number of rotatable bonds is 5. The molecular formula is C16H17ClN2O3. The average Bonchev–Trinajstić information content (AvgIpc) is 2.53. The second-order valence-electron chi connectivity index (χ2n) is 4.56. The number of para-hydroxylation sites is 1. The van der Waals surface area contributed by atoms with Crippen LogP contribution >= 0.6 is 11.6 Å². The molecule has 2 amide bonds. The molecule has 116 valence electrons. The minimum absolute atomic E-state index is 0.204. The maximum absolute atomic E-state index is 12.1. The Morgan fingerprint density at radius 2 is 1.95 bits per heavy atom. The fourth-order valence-electron chi connectivity index (χ4n) is 2.05. The molecule has 2 rings (SSSR count). The van der Waals surface area contributed by atoms with E-state index in [0.29, 0.717) is 16.5 Å². The molecule has 0 aliphatic carbocycles. The van der Waals surface area contributed by atoms with Gasteiger partial charge in [-0.3, -0.25) is 0 Å². The number of ether oxygens (including phenoxy) is 1. The molecule has 0 aliphatic heterocycles. The summed E-state index contributed by atoms with van der Waals surface area (Å²) in [6.07, 6.45) is 0. The fourth-order valence-corrected chi connectivity index (χ4v) is 2.30. The third-order valence-corrected chi connectivity index (χ3v) is 3.41. The monoisotopic (exact) mass is 320 g/mol. The summed E-state index contributed by atoms with van der Waals surface area (Å²) in [7, 11) is 1.48. The summed E-state index contributed by atoms with van der Waals surface area (Å²) < 4.78 is 5.17. The highest BCUT2D eigenvalue weighted by Gasteiger charge is 2.15. The van der Waals surface area contributed by atoms with Crippen molar-refractivity contribution in [3.05, 3.63) is 59.1 Å². The van der Waals surface area contributed by atoms with Gasteiger partial charge in [0.15, 0.2) is 5.75 Å². The zero-order valence-electron chi connectivity index (χ0n) is 12.0. The van der Waals surface area contributed by atoms with Gasteiger partial charge in [0.2, 0.25) is 0 Å². The van der Waals surface area contributed by atoms with Gasteiger partial charge in [-0.25, -0.2) is 4.79 Å². The van der Waals surface area contributed by atoms with Crippen LogP contribution in [0.2, 0.25) is 5.02 Å². The summed E-state index contributed by atoms with van der Waals surface area (Å²) in [5.41, 5.74) is 1.27. The average molecular weight is 321 g/mol. The van der Waals surface area contributed by atoms with Gasteiger partial charge >= 0.3 is 6.03 Å². The summed E-state index contributed by atoms with van der Waals surface area (Å²) in [6, 6.07) is 13.3. The highest BCUT2D eigenvalue weighted by atomic mass is 35.5. The van der Waals surface area contributed by atoms with Crippen molar-refractivity contribution in [1.82, 2.24) is 5.32 Å². The first-order valence-electron chi connectivity index (χ1n) is 6.71. The van der Waals surface area contributed by atoms with Gasteiger partial charge in [-0.2, -0.15) is 0 Å². The van der Waals surface area contributed by atoms with E-state index >= 15 is 0 Å². The molecule has 5 nitrogen and oxygen atoms in total. The first-order chi connectivity index (χ1) is 10.7. The van der Waals surface area contributed by atoms with Crippen LogP contribution in [-0.4, -0.2) is 24.9 Å². The summed E-state index contributed by atoms with van der Waals surface area (Å²) in [4.78, 5) is 12.1. The maximum Gasteiger partial charge on any atom is 0.319 e. The molecule has 0 aromatic heterocycles. The van der Waals surface area contributed by atoms with E-state index in [1.54, 1.807) is 18.2 Å². The van der Waals surface area contributed by atoms with Crippen LogP contribution in [0, 0.1) is 0 Å². The van der Waals surface area contributed by atoms with Crippen LogP contribution in [0.4, 0.5) is 10.5 Å². The van der Waals surface area contributed by atoms with Crippen LogP contribution in [0.15, 0.2) is 48.5 Å². The van der Waals surface area contributed by atoms with E-state index in [9.17, 15) is 9.90 Å². The van der Waals surface area contributed by atoms with Crippen molar-refractivity contribution in [2.45, 2.75) is 6.04 Å². The molecule has 0 unspecified atom stereocenters. The first-order valence-corrected chi connectivity index (χ1v) is 7.09. The number of aliphatic hydroxyl groups is 1. The third-order valence-electron chi connectivity index (χ3n) is 3.11. The lowest BCUT2D eigenvalue weighted by Crippen LogP contribution is -2.34. The molecule has 22 heavy (non-hydrogen) atoms. The smallest absolute Gasteiger partial charge is 0.319 e. The van der Waals surface area contributed by atoms with Crippen molar-refractivity contribution in [3.63, 3.8) is 0 Å². The highest BCUT2D eigenvalue weighted by molar-refractivity contribution is 6.32. The van der Waals surface area contributed by atoms with Crippen molar-refractivity contribution >= 4 is 23.3 Å². The Kier molecular flexibility index (Phi) is 5.63. The molecule has 1 atom stereocenters. The minimum Gasteiger partial charge on any atom is -0.493 e. The van der Waals surface area contributed by atoms with Gasteiger partial charge < -0.3 is 20.5 Å². The number of hydrogen-bond acceptors (Lipinski definition) is 3. The van der Waals surface area contributed by atoms with Crippen LogP contribution in [0.1, 0.15) is 11.6 Å². The molecule has 0 heterocycles. The van der Waals surface area contributed by atoms with Crippen LogP contribution in [0.5, 0.6) is 5.75 Å². The van der Waals surface area contributed by atoms with Crippen molar-refractivity contribution in [3.8, 4) is 5.75 Å². The number of amides is 2. The van der Waals surface area contributed by atoms with Crippen molar-refractivity contribution in [1.29, 1.82) is 0 Å². The largest absolute Gasteiger partial charge is 0.493 e. The molecule has 6 heteroatoms. The third kappa shape index (κ3) is 3.90. The number of benzene rings is 2. The van der Waals surface area contributed by atoms with E-state index < -0.39 is 12.1 Å². The predicted octanol–water partition coefficient (Wildman–Crippen LogP) is 3.20. The van der Waals surface area contributed by atoms with Crippen LogP contribution in [0.3, 0.4) is 0 Å². The lowest BCUT2D eigenvalue weighted by Gasteiger charge is -2.18. The number of nitrogens with one attached hydrogen (secondary N) is 2. The molecule has 0 fully saturated rings. The molecule has 2 aromatic rings. The topological polar surface area (TPSA) is 70.6 Å². The summed E-state index contributed by atoms with van der Waals surface area (Å²) >= 11 is 6.01. The number of anilines is 1. The number of hydrogen-bond donors (Lipinski definition) is 3. The number of halogens is 1. The molecular weight excluding hydrogens is 304 g/mol. The van der Waals surface area contributed by atoms with Crippen LogP contribution < -0.4 is 15.4 Å². The zero-order valence-corrected chi connectivity index (χ0v) is 12.8. The summed E-state index contributed by atoms with van der Waals surface area (Å²) in [5.74, 6) is 0.388. The van der Waals surface area contributed by atoms with Gasteiger partial charge in [-0.15, -0.1) is 0 Å². The first kappa shape index (κ1) is 16.1. The minimum atomic E-state index is -0.494. The van der Waals surface area contributed by atoms with E-state index in [0.717, 1.165) is 5.56 Å². The van der Waals surface area contributed by atoms with Crippen molar-refractivity contribution < 1.29 is 14.6 Å². The second kappa shape index (κ2) is 7.68. The van der Waals surface area contributed by atoms with Gasteiger partial charge in [0.1, 0.15) is 0 Å². The van der Waals surface area contributed by atoms with Crippen LogP contribution in [-0.2, 0) is 0 Å². The number of methoxy groups -OCH3 is 1. The predicted molar refractivity (Wildman–Crippen MR) is 86.4 cm³/mol. The van der Waals surface area contributed by atoms with Crippen molar-refractivity contribution in [2.75, 3.05) is 19.0 Å². The Morgan fingerprint density at radius 3 is 2.59 bits per heavy atom. The van der Waals surface area contributed by atoms with Gasteiger partial charge in [-0.05, 0) is 17.7 Å². The lowest BCUT2D eigenvalue weighted by molar-refractivity contribution is 0.225. The second-order valence-corrected chi connectivity index (χ2v) is 4.97. The Labute approximate surface area is 133 Å². The highest BCUT2D eigenvalue weighted by Crippen LogP contribution is 2.32. The SMILES string of the molecule is COc1c(Cl)cccc1NC(=O)N[C@H](CO)c1ccccc1. The molecule has 0 spiro atoms. The molecule has 0 bridgehead atoms. The Hall–Kier alpha value is -2.24. The number of carbonyl (C=O) groups is 1. The molecule has 0 radical (unpaired) electrons. The van der Waals surface area contributed by atoms with Gasteiger partial charge in [0.25, 0.3) is 0 Å². The lowest BCUT2D eigenvalue weighted by atomic mass is 10.1. The van der Waals surface area contributed by atoms with E-state index in [1.165, 1.54) is 7.11 Å². The number of aliphatic hydroxyl groups excluding tert-OH is 1. The summed E-state index contributed by atoms with van der Waals surface area (Å²) in [5, 5.41) is 15.2. The standard InChI is InChI=1S/C16H17ClN2O3/c1-22-15-12(17)8-5-9-13(15)18-16(21)19-14(10-20)11-6-3-2-4-7-11/h2-9,14,20H,10H2,1H3,(H2,18,19,21)/t14-/m1/s1. The van der Waals surface area contributed by atoms with E-state index in [2.05, 4.69) is 10.6 Å². The molecule has 2 aromatic carbocycles. The Bertz CT molecular complexity index is 635. The Morgan fingerprint density at radius 1 is 1.23 bits per heavy atom. The quantitative estimate of drug-likeness (QED) is 0.792. The fraction of sp³-hybridized carbons (Fsp3) is 0.188. The van der Waals surface area contributed by atoms with Crippen molar-refractivity contribution in [2.24, 2.45) is 0 Å². The van der Waals surface area contributed by atoms with E-state index in [4.69, 9.17) is 16.3 Å². The zero-order chi connectivity index (χ0) is 15.9. The Balaban J connectivity index is 2.08. The van der Waals surface area contributed by atoms with E-state index in [-0.39, 0.29) is 6.61 Å². The molecule has 0 saturated heterocycles. The summed E-state index contributed by atoms with van der Waals surface area (Å²) in [6.45, 7) is -0.204. The van der Waals surface area contributed by atoms with Gasteiger partial charge in [0, 0.05) is 0 Å². The van der Waals surface area contributed by atoms with E-state index in [1.807, 2.05) is 30.3 Å².